The summed E-state index contributed by atoms with van der Waals surface area (Å²) in [6.07, 6.45) is 8.20. The van der Waals surface area contributed by atoms with E-state index in [2.05, 4.69) is 0 Å². The van der Waals surface area contributed by atoms with Crippen molar-refractivity contribution in [1.29, 1.82) is 0 Å². The molecule has 0 fully saturated rings. The van der Waals surface area contributed by atoms with Crippen molar-refractivity contribution in [2.75, 3.05) is 12.4 Å². The normalized spacial score (nSPS) is 10.1. The number of alkyl halides is 1. The van der Waals surface area contributed by atoms with E-state index in [1.807, 2.05) is 19.1 Å². The molecule has 76 valence electrons. The van der Waals surface area contributed by atoms with Gasteiger partial charge in [-0.05, 0) is 26.3 Å². The molecule has 0 amide bonds. The van der Waals surface area contributed by atoms with Gasteiger partial charge in [0.2, 0.25) is 6.54 Å². The fraction of sp³-hybridized carbons (Fsp3) is 0.556. The molecule has 0 aliphatic rings. The third-order valence-corrected chi connectivity index (χ3v) is 1.22. The molecular formula is C9H16ClNO2. The first kappa shape index (κ1) is 14.7. The summed E-state index contributed by atoms with van der Waals surface area (Å²) in [5, 5.41) is 9.51. The highest BCUT2D eigenvalue weighted by Crippen LogP contribution is 1.83. The lowest BCUT2D eigenvalue weighted by Crippen LogP contribution is -1.94. The Hall–Kier alpha value is -0.830. The molecule has 0 aromatic carbocycles. The van der Waals surface area contributed by atoms with E-state index >= 15 is 0 Å². The standard InChI is InChI=1S/C5H9Cl.C4H7NO2/c1-2-3-4-5-6;1-2-3-4-5(6)7/h2-3H,4-5H2,1H3;2-3H,4H2,1H3/b3-2+;3-2-. The average Bonchev–Trinajstić information content (AvgIpc) is 2.12. The Kier molecular flexibility index (Phi) is 15.5. The van der Waals surface area contributed by atoms with Crippen LogP contribution in [0, 0.1) is 10.1 Å². The molecule has 4 heteroatoms. The first-order valence-electron chi connectivity index (χ1n) is 4.09. The second-order valence-electron chi connectivity index (χ2n) is 2.13. The summed E-state index contributed by atoms with van der Waals surface area (Å²) in [4.78, 5) is 9.14. The summed E-state index contributed by atoms with van der Waals surface area (Å²) in [5.41, 5.74) is 0. The van der Waals surface area contributed by atoms with Crippen molar-refractivity contribution in [3.8, 4) is 0 Å². The Morgan fingerprint density at radius 1 is 1.31 bits per heavy atom. The summed E-state index contributed by atoms with van der Waals surface area (Å²) >= 11 is 5.33. The van der Waals surface area contributed by atoms with E-state index in [0.717, 1.165) is 12.3 Å². The molecule has 0 atom stereocenters. The number of rotatable bonds is 4. The number of hydrogen-bond donors (Lipinski definition) is 0. The molecular weight excluding hydrogens is 190 g/mol. The van der Waals surface area contributed by atoms with Gasteiger partial charge in [0.05, 0.1) is 0 Å². The van der Waals surface area contributed by atoms with E-state index < -0.39 is 0 Å². The third kappa shape index (κ3) is 24.7. The fourth-order valence-corrected chi connectivity index (χ4v) is 0.547. The van der Waals surface area contributed by atoms with Crippen molar-refractivity contribution in [2.45, 2.75) is 20.3 Å². The summed E-state index contributed by atoms with van der Waals surface area (Å²) in [6, 6.07) is 0. The zero-order chi connectivity index (χ0) is 10.5. The molecule has 0 bridgehead atoms. The van der Waals surface area contributed by atoms with Crippen LogP contribution in [0.1, 0.15) is 20.3 Å². The van der Waals surface area contributed by atoms with Gasteiger partial charge in [-0.2, -0.15) is 0 Å². The molecule has 0 unspecified atom stereocenters. The molecule has 13 heavy (non-hydrogen) atoms. The maximum atomic E-state index is 9.51. The van der Waals surface area contributed by atoms with Crippen molar-refractivity contribution in [1.82, 2.24) is 0 Å². The van der Waals surface area contributed by atoms with Gasteiger partial charge in [-0.25, -0.2) is 0 Å². The molecule has 0 N–H and O–H groups in total. The lowest BCUT2D eigenvalue weighted by molar-refractivity contribution is -0.468. The van der Waals surface area contributed by atoms with Gasteiger partial charge in [0, 0.05) is 10.8 Å². The van der Waals surface area contributed by atoms with Gasteiger partial charge >= 0.3 is 0 Å². The zero-order valence-electron chi connectivity index (χ0n) is 8.07. The molecule has 0 saturated heterocycles. The molecule has 0 rings (SSSR count). The van der Waals surface area contributed by atoms with Crippen molar-refractivity contribution in [2.24, 2.45) is 0 Å². The predicted octanol–water partition coefficient (Wildman–Crippen LogP) is 3.03. The lowest BCUT2D eigenvalue weighted by Gasteiger charge is -1.78. The Morgan fingerprint density at radius 2 is 1.85 bits per heavy atom. The monoisotopic (exact) mass is 205 g/mol. The number of nitro groups is 1. The predicted molar refractivity (Wildman–Crippen MR) is 56.8 cm³/mol. The Bertz CT molecular complexity index is 167. The molecule has 0 spiro atoms. The van der Waals surface area contributed by atoms with Crippen LogP contribution in [-0.2, 0) is 0 Å². The van der Waals surface area contributed by atoms with Crippen LogP contribution in [-0.4, -0.2) is 17.3 Å². The van der Waals surface area contributed by atoms with Crippen LogP contribution in [0.4, 0.5) is 0 Å². The average molecular weight is 206 g/mol. The van der Waals surface area contributed by atoms with Crippen LogP contribution in [0.5, 0.6) is 0 Å². The van der Waals surface area contributed by atoms with Gasteiger partial charge in [0.1, 0.15) is 0 Å². The van der Waals surface area contributed by atoms with E-state index in [-0.39, 0.29) is 11.5 Å². The number of nitrogens with zero attached hydrogens (tertiary/aromatic N) is 1. The second-order valence-corrected chi connectivity index (χ2v) is 2.51. The first-order valence-corrected chi connectivity index (χ1v) is 4.62. The highest BCUT2D eigenvalue weighted by molar-refractivity contribution is 6.17. The maximum absolute atomic E-state index is 9.51. The zero-order valence-corrected chi connectivity index (χ0v) is 8.83. The topological polar surface area (TPSA) is 43.1 Å². The van der Waals surface area contributed by atoms with Gasteiger partial charge in [0.15, 0.2) is 0 Å². The largest absolute Gasteiger partial charge is 0.264 e. The molecule has 0 aliphatic heterocycles. The number of halogens is 1. The van der Waals surface area contributed by atoms with Crippen LogP contribution >= 0.6 is 11.6 Å². The van der Waals surface area contributed by atoms with Gasteiger partial charge in [-0.15, -0.1) is 11.6 Å². The first-order chi connectivity index (χ1) is 6.18. The maximum Gasteiger partial charge on any atom is 0.222 e. The van der Waals surface area contributed by atoms with Crippen molar-refractivity contribution < 1.29 is 4.92 Å². The Morgan fingerprint density at radius 3 is 2.00 bits per heavy atom. The van der Waals surface area contributed by atoms with E-state index in [1.54, 1.807) is 13.0 Å². The van der Waals surface area contributed by atoms with Gasteiger partial charge in [0.25, 0.3) is 0 Å². The highest BCUT2D eigenvalue weighted by atomic mass is 35.5. The quantitative estimate of drug-likeness (QED) is 0.307. The number of hydrogen-bond acceptors (Lipinski definition) is 2. The number of allylic oxidation sites excluding steroid dienone is 3. The minimum Gasteiger partial charge on any atom is -0.264 e. The van der Waals surface area contributed by atoms with E-state index in [4.69, 9.17) is 11.6 Å². The Balaban J connectivity index is 0. The van der Waals surface area contributed by atoms with E-state index in [1.165, 1.54) is 6.08 Å². The SMILES string of the molecule is C/C=C/CCCl.C/C=C\C[N+](=O)[O-]. The molecule has 0 heterocycles. The molecule has 3 nitrogen and oxygen atoms in total. The van der Waals surface area contributed by atoms with Crippen LogP contribution in [0.15, 0.2) is 24.3 Å². The van der Waals surface area contributed by atoms with Crippen LogP contribution in [0.25, 0.3) is 0 Å². The summed E-state index contributed by atoms with van der Waals surface area (Å²) in [7, 11) is 0. The van der Waals surface area contributed by atoms with Crippen molar-refractivity contribution in [3.63, 3.8) is 0 Å². The molecule has 0 saturated carbocycles. The van der Waals surface area contributed by atoms with Crippen molar-refractivity contribution >= 4 is 11.6 Å². The van der Waals surface area contributed by atoms with Crippen LogP contribution in [0.3, 0.4) is 0 Å². The van der Waals surface area contributed by atoms with E-state index in [0.29, 0.717) is 0 Å². The lowest BCUT2D eigenvalue weighted by atomic mass is 10.4. The van der Waals surface area contributed by atoms with Gasteiger partial charge < -0.3 is 0 Å². The minimum atomic E-state index is -0.375. The fourth-order valence-electron chi connectivity index (χ4n) is 0.421. The van der Waals surface area contributed by atoms with Gasteiger partial charge in [-0.1, -0.05) is 18.2 Å². The second kappa shape index (κ2) is 13.7. The molecule has 0 aromatic heterocycles. The molecule has 0 radical (unpaired) electrons. The Labute approximate surface area is 84.2 Å². The highest BCUT2D eigenvalue weighted by Gasteiger charge is 1.83. The smallest absolute Gasteiger partial charge is 0.222 e. The van der Waals surface area contributed by atoms with Crippen LogP contribution in [0.2, 0.25) is 0 Å². The third-order valence-electron chi connectivity index (χ3n) is 1.00. The summed E-state index contributed by atoms with van der Waals surface area (Å²) in [6.45, 7) is 3.69. The minimum absolute atomic E-state index is 0.0590. The van der Waals surface area contributed by atoms with E-state index in [9.17, 15) is 10.1 Å². The summed E-state index contributed by atoms with van der Waals surface area (Å²) in [5.74, 6) is 0.740. The van der Waals surface area contributed by atoms with Crippen LogP contribution < -0.4 is 0 Å². The molecule has 0 aromatic rings. The van der Waals surface area contributed by atoms with Crippen molar-refractivity contribution in [3.05, 3.63) is 34.4 Å². The van der Waals surface area contributed by atoms with Gasteiger partial charge in [-0.3, -0.25) is 10.1 Å². The molecule has 0 aliphatic carbocycles. The summed E-state index contributed by atoms with van der Waals surface area (Å²) < 4.78 is 0.